The number of hydrogen-bond acceptors (Lipinski definition) is 2. The van der Waals surface area contributed by atoms with E-state index in [1.165, 1.54) is 12.1 Å². The summed E-state index contributed by atoms with van der Waals surface area (Å²) in [6.45, 7) is 3.22. The van der Waals surface area contributed by atoms with Crippen molar-refractivity contribution < 1.29 is 4.39 Å². The maximum absolute atomic E-state index is 13.0. The second-order valence-electron chi connectivity index (χ2n) is 5.54. The monoisotopic (exact) mass is 383 g/mol. The molecule has 3 nitrogen and oxygen atoms in total. The fourth-order valence-electron chi connectivity index (χ4n) is 2.65. The molecule has 2 aromatic carbocycles. The van der Waals surface area contributed by atoms with Gasteiger partial charge in [0.05, 0.1) is 0 Å². The van der Waals surface area contributed by atoms with Crippen LogP contribution in [0, 0.1) is 5.82 Å². The molecule has 126 valence electrons. The summed E-state index contributed by atoms with van der Waals surface area (Å²) in [6.07, 6.45) is 0. The van der Waals surface area contributed by atoms with Crippen molar-refractivity contribution in [2.24, 2.45) is 0 Å². The summed E-state index contributed by atoms with van der Waals surface area (Å²) < 4.78 is 13.0. The van der Waals surface area contributed by atoms with Gasteiger partial charge in [-0.1, -0.05) is 23.2 Å². The topological polar surface area (TPSA) is 18.5 Å². The second-order valence-corrected chi connectivity index (χ2v) is 6.80. The molecule has 1 aliphatic heterocycles. The first kappa shape index (κ1) is 17.3. The zero-order valence-electron chi connectivity index (χ0n) is 12.8. The van der Waals surface area contributed by atoms with Crippen molar-refractivity contribution in [1.29, 1.82) is 0 Å². The third kappa shape index (κ3) is 4.29. The molecule has 0 unspecified atom stereocenters. The van der Waals surface area contributed by atoms with Gasteiger partial charge in [0, 0.05) is 47.6 Å². The first-order valence-corrected chi connectivity index (χ1v) is 8.70. The normalized spacial score (nSPS) is 14.6. The summed E-state index contributed by atoms with van der Waals surface area (Å²) in [5.74, 6) is -0.219. The highest BCUT2D eigenvalue weighted by Gasteiger charge is 2.19. The Balaban J connectivity index is 1.57. The van der Waals surface area contributed by atoms with E-state index in [9.17, 15) is 4.39 Å². The van der Waals surface area contributed by atoms with Gasteiger partial charge >= 0.3 is 0 Å². The molecule has 0 atom stereocenters. The molecule has 0 radical (unpaired) electrons. The highest BCUT2D eigenvalue weighted by Crippen LogP contribution is 2.23. The van der Waals surface area contributed by atoms with Gasteiger partial charge in [-0.3, -0.25) is 0 Å². The summed E-state index contributed by atoms with van der Waals surface area (Å²) in [6, 6.07) is 11.8. The number of nitrogens with zero attached hydrogens (tertiary/aromatic N) is 2. The lowest BCUT2D eigenvalue weighted by molar-refractivity contribution is 0.391. The standard InChI is InChI=1S/C17H16Cl2FN3S/c18-12-9-13(19)11-15(10-12)21-17(24)23-7-5-22(6-8-23)16-3-1-14(20)2-4-16/h1-4,9-11H,5-8H2,(H,21,24). The van der Waals surface area contributed by atoms with Gasteiger partial charge in [-0.25, -0.2) is 4.39 Å². The average molecular weight is 384 g/mol. The Morgan fingerprint density at radius 2 is 1.54 bits per heavy atom. The Labute approximate surface area is 156 Å². The summed E-state index contributed by atoms with van der Waals surface area (Å²) in [5.41, 5.74) is 1.80. The fraction of sp³-hybridized carbons (Fsp3) is 0.235. The quantitative estimate of drug-likeness (QED) is 0.760. The average Bonchev–Trinajstić information content (AvgIpc) is 2.55. The van der Waals surface area contributed by atoms with Crippen LogP contribution < -0.4 is 10.2 Å². The fourth-order valence-corrected chi connectivity index (χ4v) is 3.47. The Morgan fingerprint density at radius 3 is 2.12 bits per heavy atom. The van der Waals surface area contributed by atoms with Crippen LogP contribution in [0.25, 0.3) is 0 Å². The van der Waals surface area contributed by atoms with E-state index in [0.29, 0.717) is 15.2 Å². The number of halogens is 3. The van der Waals surface area contributed by atoms with Gasteiger partial charge in [-0.2, -0.15) is 0 Å². The van der Waals surface area contributed by atoms with Crippen LogP contribution in [0.4, 0.5) is 15.8 Å². The zero-order chi connectivity index (χ0) is 17.1. The highest BCUT2D eigenvalue weighted by atomic mass is 35.5. The van der Waals surface area contributed by atoms with E-state index in [0.717, 1.165) is 37.6 Å². The number of anilines is 2. The Bertz CT molecular complexity index is 711. The maximum atomic E-state index is 13.0. The molecule has 3 rings (SSSR count). The lowest BCUT2D eigenvalue weighted by atomic mass is 10.2. The molecule has 0 aliphatic carbocycles. The Kier molecular flexibility index (Phi) is 5.43. The summed E-state index contributed by atoms with van der Waals surface area (Å²) in [4.78, 5) is 4.32. The summed E-state index contributed by atoms with van der Waals surface area (Å²) in [5, 5.41) is 4.95. The second kappa shape index (κ2) is 7.55. The molecule has 0 spiro atoms. The van der Waals surface area contributed by atoms with Gasteiger partial charge in [-0.15, -0.1) is 0 Å². The smallest absolute Gasteiger partial charge is 0.173 e. The number of piperazine rings is 1. The molecule has 1 heterocycles. The minimum Gasteiger partial charge on any atom is -0.368 e. The highest BCUT2D eigenvalue weighted by molar-refractivity contribution is 7.80. The van der Waals surface area contributed by atoms with Crippen molar-refractivity contribution in [3.05, 3.63) is 58.3 Å². The first-order valence-electron chi connectivity index (χ1n) is 7.54. The lowest BCUT2D eigenvalue weighted by Gasteiger charge is -2.37. The van der Waals surface area contributed by atoms with Gasteiger partial charge in [0.1, 0.15) is 5.82 Å². The van der Waals surface area contributed by atoms with Crippen molar-refractivity contribution in [2.45, 2.75) is 0 Å². The van der Waals surface area contributed by atoms with E-state index in [1.54, 1.807) is 30.3 Å². The molecule has 0 aromatic heterocycles. The van der Waals surface area contributed by atoms with Crippen molar-refractivity contribution in [3.8, 4) is 0 Å². The van der Waals surface area contributed by atoms with E-state index in [1.807, 2.05) is 0 Å². The predicted octanol–water partition coefficient (Wildman–Crippen LogP) is 4.65. The van der Waals surface area contributed by atoms with Crippen LogP contribution in [0.5, 0.6) is 0 Å². The molecular formula is C17H16Cl2FN3S. The molecule has 0 bridgehead atoms. The van der Waals surface area contributed by atoms with E-state index >= 15 is 0 Å². The lowest BCUT2D eigenvalue weighted by Crippen LogP contribution is -2.50. The third-order valence-corrected chi connectivity index (χ3v) is 4.67. The van der Waals surface area contributed by atoms with Crippen LogP contribution in [0.3, 0.4) is 0 Å². The molecule has 24 heavy (non-hydrogen) atoms. The molecule has 1 aliphatic rings. The molecule has 0 saturated carbocycles. The predicted molar refractivity (Wildman–Crippen MR) is 103 cm³/mol. The first-order chi connectivity index (χ1) is 11.5. The minimum absolute atomic E-state index is 0.219. The molecule has 1 saturated heterocycles. The van der Waals surface area contributed by atoms with E-state index in [4.69, 9.17) is 35.4 Å². The Hall–Kier alpha value is -1.56. The van der Waals surface area contributed by atoms with E-state index < -0.39 is 0 Å². The van der Waals surface area contributed by atoms with Crippen LogP contribution in [-0.4, -0.2) is 36.2 Å². The number of thiocarbonyl (C=S) groups is 1. The number of rotatable bonds is 2. The maximum Gasteiger partial charge on any atom is 0.173 e. The van der Waals surface area contributed by atoms with Gasteiger partial charge in [0.2, 0.25) is 0 Å². The van der Waals surface area contributed by atoms with Crippen LogP contribution in [-0.2, 0) is 0 Å². The van der Waals surface area contributed by atoms with E-state index in [2.05, 4.69) is 15.1 Å². The van der Waals surface area contributed by atoms with Crippen LogP contribution in [0.15, 0.2) is 42.5 Å². The molecule has 7 heteroatoms. The summed E-state index contributed by atoms with van der Waals surface area (Å²) >= 11 is 17.5. The van der Waals surface area contributed by atoms with Crippen molar-refractivity contribution in [3.63, 3.8) is 0 Å². The van der Waals surface area contributed by atoms with Crippen LogP contribution >= 0.6 is 35.4 Å². The van der Waals surface area contributed by atoms with Crippen LogP contribution in [0.1, 0.15) is 0 Å². The SMILES string of the molecule is Fc1ccc(N2CCN(C(=S)Nc3cc(Cl)cc(Cl)c3)CC2)cc1. The van der Waals surface area contributed by atoms with Gasteiger partial charge in [0.15, 0.2) is 5.11 Å². The van der Waals surface area contributed by atoms with Crippen molar-refractivity contribution in [2.75, 3.05) is 36.4 Å². The van der Waals surface area contributed by atoms with Crippen LogP contribution in [0.2, 0.25) is 10.0 Å². The van der Waals surface area contributed by atoms with Crippen molar-refractivity contribution >= 4 is 51.9 Å². The minimum atomic E-state index is -0.219. The van der Waals surface area contributed by atoms with E-state index in [-0.39, 0.29) is 5.82 Å². The van der Waals surface area contributed by atoms with Crippen molar-refractivity contribution in [1.82, 2.24) is 4.90 Å². The molecule has 1 N–H and O–H groups in total. The molecule has 2 aromatic rings. The summed E-state index contributed by atoms with van der Waals surface area (Å²) in [7, 11) is 0. The zero-order valence-corrected chi connectivity index (χ0v) is 15.1. The molecular weight excluding hydrogens is 368 g/mol. The molecule has 0 amide bonds. The third-order valence-electron chi connectivity index (χ3n) is 3.87. The van der Waals surface area contributed by atoms with Gasteiger partial charge < -0.3 is 15.1 Å². The molecule has 1 fully saturated rings. The van der Waals surface area contributed by atoms with Gasteiger partial charge in [-0.05, 0) is 54.7 Å². The van der Waals surface area contributed by atoms with Gasteiger partial charge in [0.25, 0.3) is 0 Å². The number of benzene rings is 2. The largest absolute Gasteiger partial charge is 0.368 e. The number of hydrogen-bond donors (Lipinski definition) is 1. The Morgan fingerprint density at radius 1 is 0.958 bits per heavy atom. The number of nitrogens with one attached hydrogen (secondary N) is 1.